The van der Waals surface area contributed by atoms with Gasteiger partial charge in [0.1, 0.15) is 5.60 Å². The summed E-state index contributed by atoms with van der Waals surface area (Å²) in [6.07, 6.45) is 0.768. The molecule has 0 bridgehead atoms. The molecule has 0 aromatic heterocycles. The van der Waals surface area contributed by atoms with Gasteiger partial charge >= 0.3 is 6.18 Å². The van der Waals surface area contributed by atoms with E-state index < -0.39 is 17.3 Å². The first-order valence-electron chi connectivity index (χ1n) is 10.0. The van der Waals surface area contributed by atoms with E-state index in [1.165, 1.54) is 6.07 Å². The van der Waals surface area contributed by atoms with Gasteiger partial charge in [-0.05, 0) is 62.2 Å². The van der Waals surface area contributed by atoms with Gasteiger partial charge < -0.3 is 10.0 Å². The summed E-state index contributed by atoms with van der Waals surface area (Å²) in [7, 11) is 3.86. The molecule has 1 aliphatic carbocycles. The van der Waals surface area contributed by atoms with Crippen LogP contribution in [-0.4, -0.2) is 30.6 Å². The van der Waals surface area contributed by atoms with E-state index in [2.05, 4.69) is 0 Å². The van der Waals surface area contributed by atoms with E-state index in [1.807, 2.05) is 55.4 Å². The lowest BCUT2D eigenvalue weighted by Gasteiger charge is -2.39. The predicted octanol–water partition coefficient (Wildman–Crippen LogP) is 5.73. The number of hydrogen-bond donors (Lipinski definition) is 1. The highest BCUT2D eigenvalue weighted by Crippen LogP contribution is 2.46. The maximum Gasteiger partial charge on any atom is 0.416 e. The molecular weight excluding hydrogens is 375 g/mol. The van der Waals surface area contributed by atoms with Gasteiger partial charge in [0.05, 0.1) is 5.56 Å². The number of aliphatic hydroxyl groups is 1. The van der Waals surface area contributed by atoms with E-state index in [9.17, 15) is 18.3 Å². The standard InChI is InChI=1S/C24H28F3NO/c1-28(2)17-22-12-7-6-11-19(15-18-9-4-3-5-10-18)23(22,29)20-13-8-14-21(16-20)24(25,26)27/h3-5,8-10,13-16,22,29H,6-7,11-12,17H2,1-2H3/b19-15-. The number of alkyl halides is 3. The van der Waals surface area contributed by atoms with Crippen LogP contribution in [-0.2, 0) is 11.8 Å². The van der Waals surface area contributed by atoms with Crippen molar-refractivity contribution in [1.29, 1.82) is 0 Å². The highest BCUT2D eigenvalue weighted by Gasteiger charge is 2.44. The number of hydrogen-bond acceptors (Lipinski definition) is 2. The van der Waals surface area contributed by atoms with Gasteiger partial charge in [0.15, 0.2) is 0 Å². The molecular formula is C24H28F3NO. The molecule has 0 amide bonds. The predicted molar refractivity (Wildman–Crippen MR) is 110 cm³/mol. The summed E-state index contributed by atoms with van der Waals surface area (Å²) >= 11 is 0. The third-order valence-corrected chi connectivity index (χ3v) is 5.69. The van der Waals surface area contributed by atoms with Crippen LogP contribution in [0.3, 0.4) is 0 Å². The summed E-state index contributed by atoms with van der Waals surface area (Å²) in [5.74, 6) is -0.196. The van der Waals surface area contributed by atoms with E-state index in [0.717, 1.165) is 42.5 Å². The lowest BCUT2D eigenvalue weighted by molar-refractivity contribution is -0.137. The minimum atomic E-state index is -4.45. The fraction of sp³-hybridized carbons (Fsp3) is 0.417. The van der Waals surface area contributed by atoms with E-state index in [-0.39, 0.29) is 5.92 Å². The molecule has 1 saturated carbocycles. The Kier molecular flexibility index (Phi) is 6.49. The third-order valence-electron chi connectivity index (χ3n) is 5.69. The van der Waals surface area contributed by atoms with Crippen molar-refractivity contribution in [3.63, 3.8) is 0 Å². The molecule has 2 aromatic rings. The minimum absolute atomic E-state index is 0.196. The molecule has 2 atom stereocenters. The first-order chi connectivity index (χ1) is 13.7. The van der Waals surface area contributed by atoms with Gasteiger partial charge in [-0.2, -0.15) is 13.2 Å². The molecule has 1 aliphatic rings. The van der Waals surface area contributed by atoms with Gasteiger partial charge in [0, 0.05) is 12.5 Å². The van der Waals surface area contributed by atoms with Crippen LogP contribution in [0.15, 0.2) is 60.2 Å². The van der Waals surface area contributed by atoms with Crippen LogP contribution >= 0.6 is 0 Å². The quantitative estimate of drug-likeness (QED) is 0.659. The smallest absolute Gasteiger partial charge is 0.380 e. The van der Waals surface area contributed by atoms with E-state index in [1.54, 1.807) is 6.07 Å². The second kappa shape index (κ2) is 8.72. The summed E-state index contributed by atoms with van der Waals surface area (Å²) in [5.41, 5.74) is -0.123. The van der Waals surface area contributed by atoms with Crippen molar-refractivity contribution in [2.24, 2.45) is 5.92 Å². The van der Waals surface area contributed by atoms with Crippen molar-refractivity contribution < 1.29 is 18.3 Å². The largest absolute Gasteiger partial charge is 0.416 e. The Labute approximate surface area is 170 Å². The van der Waals surface area contributed by atoms with Crippen LogP contribution in [0, 0.1) is 5.92 Å². The minimum Gasteiger partial charge on any atom is -0.380 e. The molecule has 2 aromatic carbocycles. The number of benzene rings is 2. The van der Waals surface area contributed by atoms with Crippen LogP contribution in [0.25, 0.3) is 6.08 Å². The molecule has 1 N–H and O–H groups in total. The fourth-order valence-electron chi connectivity index (χ4n) is 4.32. The van der Waals surface area contributed by atoms with Gasteiger partial charge in [-0.3, -0.25) is 0 Å². The van der Waals surface area contributed by atoms with Gasteiger partial charge in [-0.1, -0.05) is 55.0 Å². The monoisotopic (exact) mass is 403 g/mol. The van der Waals surface area contributed by atoms with Crippen LogP contribution in [0.2, 0.25) is 0 Å². The number of halogens is 3. The zero-order valence-electron chi connectivity index (χ0n) is 16.9. The molecule has 1 fully saturated rings. The van der Waals surface area contributed by atoms with Crippen molar-refractivity contribution >= 4 is 6.08 Å². The Hall–Kier alpha value is -2.11. The SMILES string of the molecule is CN(C)CC1CCCC/C(=C/c2ccccc2)C1(O)c1cccc(C(F)(F)F)c1. The Balaban J connectivity index is 2.17. The molecule has 3 rings (SSSR count). The van der Waals surface area contributed by atoms with Crippen molar-refractivity contribution in [3.05, 3.63) is 76.9 Å². The molecule has 0 radical (unpaired) electrons. The molecule has 2 nitrogen and oxygen atoms in total. The van der Waals surface area contributed by atoms with Gasteiger partial charge in [-0.25, -0.2) is 0 Å². The maximum atomic E-state index is 13.4. The lowest BCUT2D eigenvalue weighted by atomic mass is 9.73. The van der Waals surface area contributed by atoms with Gasteiger partial charge in [0.25, 0.3) is 0 Å². The fourth-order valence-corrected chi connectivity index (χ4v) is 4.32. The van der Waals surface area contributed by atoms with Gasteiger partial charge in [0.2, 0.25) is 0 Å². The lowest BCUT2D eigenvalue weighted by Crippen LogP contribution is -2.41. The van der Waals surface area contributed by atoms with Crippen LogP contribution < -0.4 is 0 Å². The van der Waals surface area contributed by atoms with Crippen molar-refractivity contribution in [1.82, 2.24) is 4.90 Å². The molecule has 0 heterocycles. The average Bonchev–Trinajstić information content (AvgIpc) is 2.82. The third kappa shape index (κ3) is 4.90. The molecule has 0 aliphatic heterocycles. The Bertz CT molecular complexity index is 845. The summed E-state index contributed by atoms with van der Waals surface area (Å²) in [5, 5.41) is 12.1. The first-order valence-corrected chi connectivity index (χ1v) is 10.0. The zero-order chi connectivity index (χ0) is 21.1. The first kappa shape index (κ1) is 21.6. The van der Waals surface area contributed by atoms with E-state index >= 15 is 0 Å². The second-order valence-corrected chi connectivity index (χ2v) is 8.13. The Morgan fingerprint density at radius 1 is 1.07 bits per heavy atom. The summed E-state index contributed by atoms with van der Waals surface area (Å²) in [4.78, 5) is 1.99. The zero-order valence-corrected chi connectivity index (χ0v) is 16.9. The van der Waals surface area contributed by atoms with Gasteiger partial charge in [-0.15, -0.1) is 0 Å². The molecule has 5 heteroatoms. The van der Waals surface area contributed by atoms with Crippen molar-refractivity contribution in [3.8, 4) is 0 Å². The van der Waals surface area contributed by atoms with Crippen molar-refractivity contribution in [2.75, 3.05) is 20.6 Å². The Morgan fingerprint density at radius 3 is 2.45 bits per heavy atom. The molecule has 156 valence electrons. The number of rotatable bonds is 4. The molecule has 29 heavy (non-hydrogen) atoms. The van der Waals surface area contributed by atoms with Crippen LogP contribution in [0.1, 0.15) is 42.4 Å². The second-order valence-electron chi connectivity index (χ2n) is 8.13. The summed E-state index contributed by atoms with van der Waals surface area (Å²) in [6.45, 7) is 0.596. The topological polar surface area (TPSA) is 23.5 Å². The maximum absolute atomic E-state index is 13.4. The average molecular weight is 403 g/mol. The molecule has 0 saturated heterocycles. The summed E-state index contributed by atoms with van der Waals surface area (Å²) < 4.78 is 40.2. The summed E-state index contributed by atoms with van der Waals surface area (Å²) in [6, 6.07) is 14.9. The molecule has 0 spiro atoms. The van der Waals surface area contributed by atoms with Crippen LogP contribution in [0.4, 0.5) is 13.2 Å². The van der Waals surface area contributed by atoms with E-state index in [4.69, 9.17) is 0 Å². The highest BCUT2D eigenvalue weighted by atomic mass is 19.4. The normalized spacial score (nSPS) is 24.7. The van der Waals surface area contributed by atoms with E-state index in [0.29, 0.717) is 18.5 Å². The number of nitrogens with zero attached hydrogens (tertiary/aromatic N) is 1. The highest BCUT2D eigenvalue weighted by molar-refractivity contribution is 5.57. The Morgan fingerprint density at radius 2 is 1.79 bits per heavy atom. The van der Waals surface area contributed by atoms with Crippen molar-refractivity contribution in [2.45, 2.75) is 37.5 Å². The van der Waals surface area contributed by atoms with Crippen LogP contribution in [0.5, 0.6) is 0 Å². The molecule has 2 unspecified atom stereocenters.